The minimum atomic E-state index is -4.52. The lowest BCUT2D eigenvalue weighted by molar-refractivity contribution is -0.138. The van der Waals surface area contributed by atoms with E-state index in [2.05, 4.69) is 26.0 Å². The van der Waals surface area contributed by atoms with Crippen LogP contribution in [0.4, 0.5) is 13.2 Å². The van der Waals surface area contributed by atoms with Gasteiger partial charge in [0.15, 0.2) is 11.7 Å². The number of carbonyl (C=O) groups is 1. The molecular formula is C20H19F3N6O3. The number of hydrogen-bond acceptors (Lipinski definition) is 7. The van der Waals surface area contributed by atoms with Crippen LogP contribution >= 0.6 is 0 Å². The Morgan fingerprint density at radius 2 is 2.00 bits per heavy atom. The molecule has 9 nitrogen and oxygen atoms in total. The number of aromatic nitrogens is 2. The van der Waals surface area contributed by atoms with Gasteiger partial charge in [-0.25, -0.2) is 14.7 Å². The van der Waals surface area contributed by atoms with E-state index in [4.69, 9.17) is 9.47 Å². The van der Waals surface area contributed by atoms with Gasteiger partial charge in [-0.3, -0.25) is 4.79 Å². The number of methoxy groups -OCH3 is 2. The van der Waals surface area contributed by atoms with Gasteiger partial charge in [-0.1, -0.05) is 24.3 Å². The zero-order chi connectivity index (χ0) is 22.9. The van der Waals surface area contributed by atoms with E-state index in [0.717, 1.165) is 6.07 Å². The van der Waals surface area contributed by atoms with Crippen LogP contribution in [0.15, 0.2) is 53.5 Å². The largest absolute Gasteiger partial charge is 0.482 e. The average Bonchev–Trinajstić information content (AvgIpc) is 3.21. The topological polar surface area (TPSA) is 102 Å². The monoisotopic (exact) mass is 448 g/mol. The number of carbonyl (C=O) groups excluding carboxylic acids is 1. The van der Waals surface area contributed by atoms with Crippen molar-refractivity contribution < 1.29 is 27.4 Å². The molecule has 0 saturated heterocycles. The molecule has 0 aliphatic carbocycles. The fraction of sp³-hybridized carbons (Fsp3) is 0.250. The Labute approximate surface area is 180 Å². The third-order valence-electron chi connectivity index (χ3n) is 4.82. The summed E-state index contributed by atoms with van der Waals surface area (Å²) >= 11 is 0. The molecule has 0 spiro atoms. The Morgan fingerprint density at radius 3 is 2.72 bits per heavy atom. The Hall–Kier alpha value is -3.96. The van der Waals surface area contributed by atoms with Crippen LogP contribution in [0.5, 0.6) is 0 Å². The quantitative estimate of drug-likeness (QED) is 0.664. The van der Waals surface area contributed by atoms with E-state index in [-0.39, 0.29) is 17.2 Å². The van der Waals surface area contributed by atoms with E-state index >= 15 is 0 Å². The number of rotatable bonds is 4. The van der Waals surface area contributed by atoms with Crippen LogP contribution in [-0.2, 0) is 15.7 Å². The van der Waals surface area contributed by atoms with Crippen molar-refractivity contribution in [3.8, 4) is 0 Å². The van der Waals surface area contributed by atoms with Gasteiger partial charge in [-0.15, -0.1) is 0 Å². The molecule has 0 fully saturated rings. The highest BCUT2D eigenvalue weighted by atomic mass is 19.4. The van der Waals surface area contributed by atoms with E-state index in [0.29, 0.717) is 11.7 Å². The summed E-state index contributed by atoms with van der Waals surface area (Å²) in [4.78, 5) is 21.2. The molecule has 168 valence electrons. The van der Waals surface area contributed by atoms with Crippen LogP contribution in [0, 0.1) is 0 Å². The number of alkyl halides is 3. The fourth-order valence-corrected chi connectivity index (χ4v) is 3.32. The second-order valence-corrected chi connectivity index (χ2v) is 6.79. The van der Waals surface area contributed by atoms with Crippen molar-refractivity contribution in [2.75, 3.05) is 19.6 Å². The summed E-state index contributed by atoms with van der Waals surface area (Å²) in [6.07, 6.45) is 0.538. The van der Waals surface area contributed by atoms with Crippen LogP contribution in [0.25, 0.3) is 6.08 Å². The van der Waals surface area contributed by atoms with Gasteiger partial charge >= 0.3 is 6.18 Å². The molecule has 0 radical (unpaired) electrons. The highest BCUT2D eigenvalue weighted by Gasteiger charge is 2.35. The molecule has 3 heterocycles. The third kappa shape index (κ3) is 4.11. The molecule has 3 N–H and O–H groups in total. The molecule has 2 aliphatic heterocycles. The Bertz CT molecular complexity index is 1120. The number of aliphatic imine (C=N–C) groups is 1. The molecule has 1 aromatic heterocycles. The molecule has 1 aromatic carbocycles. The SMILES string of the molecule is COC1=CC(OC)=NC(NC(=O)c2cnc3n2NC(c2ccccc2C(F)(F)F)C=C3)N1. The van der Waals surface area contributed by atoms with Crippen molar-refractivity contribution in [1.29, 1.82) is 0 Å². The molecule has 1 amide bonds. The van der Waals surface area contributed by atoms with Crippen molar-refractivity contribution >= 4 is 17.9 Å². The first-order valence-corrected chi connectivity index (χ1v) is 9.43. The molecule has 2 aliphatic rings. The van der Waals surface area contributed by atoms with E-state index in [1.165, 1.54) is 49.4 Å². The van der Waals surface area contributed by atoms with E-state index in [1.54, 1.807) is 12.2 Å². The van der Waals surface area contributed by atoms with Gasteiger partial charge in [0.2, 0.25) is 12.2 Å². The van der Waals surface area contributed by atoms with Crippen molar-refractivity contribution in [1.82, 2.24) is 20.3 Å². The molecule has 12 heteroatoms. The fourth-order valence-electron chi connectivity index (χ4n) is 3.32. The lowest BCUT2D eigenvalue weighted by Gasteiger charge is -2.26. The number of halogens is 3. The maximum Gasteiger partial charge on any atom is 0.416 e. The predicted molar refractivity (Wildman–Crippen MR) is 109 cm³/mol. The summed E-state index contributed by atoms with van der Waals surface area (Å²) in [5.74, 6) is 0.378. The first-order chi connectivity index (χ1) is 15.3. The number of fused-ring (bicyclic) bond motifs is 1. The molecule has 32 heavy (non-hydrogen) atoms. The summed E-state index contributed by atoms with van der Waals surface area (Å²) in [5, 5.41) is 5.50. The average molecular weight is 448 g/mol. The minimum Gasteiger partial charge on any atom is -0.482 e. The zero-order valence-corrected chi connectivity index (χ0v) is 17.0. The number of benzene rings is 1. The van der Waals surface area contributed by atoms with Gasteiger partial charge in [0, 0.05) is 0 Å². The third-order valence-corrected chi connectivity index (χ3v) is 4.82. The van der Waals surface area contributed by atoms with Crippen molar-refractivity contribution in [3.05, 3.63) is 71.1 Å². The number of ether oxygens (including phenoxy) is 2. The highest BCUT2D eigenvalue weighted by Crippen LogP contribution is 2.36. The number of hydrogen-bond donors (Lipinski definition) is 3. The number of amides is 1. The number of nitrogens with one attached hydrogen (secondary N) is 3. The predicted octanol–water partition coefficient (Wildman–Crippen LogP) is 2.36. The van der Waals surface area contributed by atoms with Gasteiger partial charge < -0.3 is 25.5 Å². The van der Waals surface area contributed by atoms with Crippen LogP contribution in [0.3, 0.4) is 0 Å². The first-order valence-electron chi connectivity index (χ1n) is 9.43. The molecule has 2 aromatic rings. The normalized spacial score (nSPS) is 19.7. The number of imidazole rings is 1. The van der Waals surface area contributed by atoms with E-state index in [1.807, 2.05) is 0 Å². The summed E-state index contributed by atoms with van der Waals surface area (Å²) in [7, 11) is 2.87. The van der Waals surface area contributed by atoms with Gasteiger partial charge in [0.1, 0.15) is 5.69 Å². The van der Waals surface area contributed by atoms with Crippen molar-refractivity contribution in [2.45, 2.75) is 18.5 Å². The van der Waals surface area contributed by atoms with Crippen molar-refractivity contribution in [3.63, 3.8) is 0 Å². The molecule has 4 rings (SSSR count). The summed E-state index contributed by atoms with van der Waals surface area (Å²) in [6.45, 7) is 0. The Kier molecular flexibility index (Phi) is 5.51. The van der Waals surface area contributed by atoms with E-state index in [9.17, 15) is 18.0 Å². The molecule has 2 atom stereocenters. The maximum absolute atomic E-state index is 13.4. The Balaban J connectivity index is 1.56. The maximum atomic E-state index is 13.4. The Morgan fingerprint density at radius 1 is 1.22 bits per heavy atom. The molecular weight excluding hydrogens is 429 g/mol. The molecule has 0 saturated carbocycles. The minimum absolute atomic E-state index is 0.0279. The number of nitrogens with zero attached hydrogens (tertiary/aromatic N) is 3. The van der Waals surface area contributed by atoms with Crippen LogP contribution < -0.4 is 16.1 Å². The summed E-state index contributed by atoms with van der Waals surface area (Å²) in [6, 6.07) is 4.43. The van der Waals surface area contributed by atoms with E-state index < -0.39 is 30.0 Å². The second kappa shape index (κ2) is 8.29. The highest BCUT2D eigenvalue weighted by molar-refractivity contribution is 5.94. The van der Waals surface area contributed by atoms with Crippen LogP contribution in [0.1, 0.15) is 33.5 Å². The summed E-state index contributed by atoms with van der Waals surface area (Å²) < 4.78 is 51.9. The lowest BCUT2D eigenvalue weighted by atomic mass is 9.99. The van der Waals surface area contributed by atoms with Gasteiger partial charge in [0.05, 0.1) is 38.1 Å². The van der Waals surface area contributed by atoms with Gasteiger partial charge in [-0.2, -0.15) is 13.2 Å². The van der Waals surface area contributed by atoms with Crippen LogP contribution in [0.2, 0.25) is 0 Å². The smallest absolute Gasteiger partial charge is 0.416 e. The van der Waals surface area contributed by atoms with Gasteiger partial charge in [0.25, 0.3) is 5.91 Å². The first kappa shape index (κ1) is 21.3. The molecule has 0 bridgehead atoms. The van der Waals surface area contributed by atoms with Gasteiger partial charge in [-0.05, 0) is 17.7 Å². The standard InChI is InChI=1S/C20H19F3N6O3/c1-31-16-9-17(32-2)26-19(25-16)27-18(30)14-10-24-15-8-7-13(28-29(14)15)11-5-3-4-6-12(11)20(21,22)23/h3-10,13,19,25,28H,1-2H3,(H,27,30). The van der Waals surface area contributed by atoms with Crippen LogP contribution in [-0.4, -0.2) is 42.0 Å². The van der Waals surface area contributed by atoms with Crippen molar-refractivity contribution in [2.24, 2.45) is 4.99 Å². The summed E-state index contributed by atoms with van der Waals surface area (Å²) in [5.41, 5.74) is 2.28. The molecule has 2 unspecified atom stereocenters. The second-order valence-electron chi connectivity index (χ2n) is 6.79. The lowest BCUT2D eigenvalue weighted by Crippen LogP contribution is -2.47. The zero-order valence-electron chi connectivity index (χ0n) is 17.0.